The van der Waals surface area contributed by atoms with Crippen molar-refractivity contribution >= 4 is 51.1 Å². The number of thioether (sulfide) groups is 1. The largest absolute Gasteiger partial charge is 0.465 e. The van der Waals surface area contributed by atoms with E-state index in [0.717, 1.165) is 27.4 Å². The zero-order valence-electron chi connectivity index (χ0n) is 18.9. The fourth-order valence-electron chi connectivity index (χ4n) is 4.15. The van der Waals surface area contributed by atoms with Crippen LogP contribution in [0.25, 0.3) is 11.0 Å². The molecule has 0 saturated heterocycles. The van der Waals surface area contributed by atoms with E-state index in [9.17, 15) is 14.4 Å². The number of esters is 1. The number of ether oxygens (including phenoxy) is 1. The maximum absolute atomic E-state index is 13.7. The maximum atomic E-state index is 13.7. The Morgan fingerprint density at radius 3 is 2.56 bits per heavy atom. The number of thiazole rings is 1. The number of methoxy groups -OCH3 is 1. The molecule has 0 bridgehead atoms. The topological polar surface area (TPSA) is 89.7 Å². The maximum Gasteiger partial charge on any atom is 0.350 e. The van der Waals surface area contributed by atoms with Crippen molar-refractivity contribution in [1.29, 1.82) is 0 Å². The molecule has 7 nitrogen and oxygen atoms in total. The number of carbonyl (C=O) groups excluding carboxylic acids is 2. The summed E-state index contributed by atoms with van der Waals surface area (Å²) in [6.45, 7) is 3.58. The van der Waals surface area contributed by atoms with E-state index in [-0.39, 0.29) is 16.8 Å². The van der Waals surface area contributed by atoms with E-state index in [1.807, 2.05) is 43.5 Å². The summed E-state index contributed by atoms with van der Waals surface area (Å²) in [6.07, 6.45) is 1.98. The van der Waals surface area contributed by atoms with E-state index >= 15 is 0 Å². The summed E-state index contributed by atoms with van der Waals surface area (Å²) in [5.41, 5.74) is 2.49. The van der Waals surface area contributed by atoms with E-state index in [2.05, 4.69) is 4.98 Å². The molecule has 0 aliphatic carbocycles. The van der Waals surface area contributed by atoms with Gasteiger partial charge in [-0.3, -0.25) is 14.5 Å². The Kier molecular flexibility index (Phi) is 5.53. The Morgan fingerprint density at radius 2 is 1.88 bits per heavy atom. The Balaban J connectivity index is 1.77. The summed E-state index contributed by atoms with van der Waals surface area (Å²) in [5, 5.41) is 0.720. The zero-order valence-corrected chi connectivity index (χ0v) is 20.5. The van der Waals surface area contributed by atoms with Crippen LogP contribution in [0.15, 0.2) is 56.6 Å². The second-order valence-electron chi connectivity index (χ2n) is 7.93. The second kappa shape index (κ2) is 8.41. The highest BCUT2D eigenvalue weighted by Gasteiger charge is 2.45. The quantitative estimate of drug-likeness (QED) is 0.288. The Labute approximate surface area is 203 Å². The van der Waals surface area contributed by atoms with Gasteiger partial charge in [-0.1, -0.05) is 35.1 Å². The minimum atomic E-state index is -0.740. The summed E-state index contributed by atoms with van der Waals surface area (Å²) >= 11 is 2.65. The number of aryl methyl sites for hydroxylation is 2. The minimum absolute atomic E-state index is 0.00670. The molecule has 1 aliphatic rings. The normalized spacial score (nSPS) is 15.1. The van der Waals surface area contributed by atoms with E-state index in [1.165, 1.54) is 12.0 Å². The average molecular weight is 493 g/mol. The summed E-state index contributed by atoms with van der Waals surface area (Å²) in [4.78, 5) is 46.9. The molecule has 9 heteroatoms. The lowest BCUT2D eigenvalue weighted by Gasteiger charge is -2.22. The highest BCUT2D eigenvalue weighted by molar-refractivity contribution is 7.98. The summed E-state index contributed by atoms with van der Waals surface area (Å²) < 4.78 is 10.9. The molecule has 0 saturated carbocycles. The molecular weight excluding hydrogens is 472 g/mol. The highest BCUT2D eigenvalue weighted by Crippen LogP contribution is 2.43. The van der Waals surface area contributed by atoms with Crippen LogP contribution in [0.3, 0.4) is 0 Å². The first-order valence-electron chi connectivity index (χ1n) is 10.4. The Bertz CT molecular complexity index is 1520. The molecule has 0 fully saturated rings. The van der Waals surface area contributed by atoms with Crippen LogP contribution >= 0.6 is 23.1 Å². The fourth-order valence-corrected chi connectivity index (χ4v) is 5.57. The Morgan fingerprint density at radius 1 is 1.15 bits per heavy atom. The monoisotopic (exact) mass is 492 g/mol. The molecule has 1 amide bonds. The van der Waals surface area contributed by atoms with Crippen LogP contribution in [0.2, 0.25) is 0 Å². The van der Waals surface area contributed by atoms with Gasteiger partial charge in [0.05, 0.1) is 29.8 Å². The van der Waals surface area contributed by atoms with Gasteiger partial charge < -0.3 is 9.15 Å². The van der Waals surface area contributed by atoms with Crippen molar-refractivity contribution in [3.05, 3.63) is 85.7 Å². The van der Waals surface area contributed by atoms with Crippen molar-refractivity contribution < 1.29 is 18.7 Å². The number of hydrogen-bond acceptors (Lipinski definition) is 8. The van der Waals surface area contributed by atoms with E-state index in [4.69, 9.17) is 9.15 Å². The number of hydrogen-bond donors (Lipinski definition) is 0. The molecule has 1 atom stereocenters. The van der Waals surface area contributed by atoms with E-state index < -0.39 is 17.9 Å². The molecule has 34 heavy (non-hydrogen) atoms. The van der Waals surface area contributed by atoms with Gasteiger partial charge in [-0.05, 0) is 49.9 Å². The summed E-state index contributed by atoms with van der Waals surface area (Å²) in [6, 6.07) is 12.2. The third-order valence-electron chi connectivity index (χ3n) is 5.82. The number of amides is 1. The van der Waals surface area contributed by atoms with Crippen LogP contribution in [0.1, 0.15) is 48.7 Å². The van der Waals surface area contributed by atoms with Gasteiger partial charge in [0.1, 0.15) is 10.5 Å². The standard InChI is InChI=1S/C25H20N2O5S2/c1-12-5-10-17-16(11-12)20(28)18-19(14-6-8-15(33-4)9-7-14)27(23(29)21(18)32-17)25-26-13(2)22(34-25)24(30)31-3/h5-11,19H,1-4H3/t19-/m1/s1. The van der Waals surface area contributed by atoms with E-state index in [0.29, 0.717) is 26.7 Å². The molecule has 0 unspecified atom stereocenters. The molecule has 172 valence electrons. The first-order chi connectivity index (χ1) is 16.3. The molecule has 1 aliphatic heterocycles. The first-order valence-corrected chi connectivity index (χ1v) is 12.5. The van der Waals surface area contributed by atoms with Crippen LogP contribution in [0.4, 0.5) is 5.13 Å². The van der Waals surface area contributed by atoms with Gasteiger partial charge in [0.15, 0.2) is 10.6 Å². The molecule has 5 rings (SSSR count). The van der Waals surface area contributed by atoms with Crippen molar-refractivity contribution in [3.8, 4) is 0 Å². The van der Waals surface area contributed by atoms with E-state index in [1.54, 1.807) is 30.8 Å². The van der Waals surface area contributed by atoms with Crippen molar-refractivity contribution in [2.75, 3.05) is 18.3 Å². The lowest BCUT2D eigenvalue weighted by atomic mass is 9.98. The molecule has 2 aromatic carbocycles. The van der Waals surface area contributed by atoms with Gasteiger partial charge in [0, 0.05) is 4.90 Å². The number of aromatic nitrogens is 1. The predicted octanol–water partition coefficient (Wildman–Crippen LogP) is 5.12. The second-order valence-corrected chi connectivity index (χ2v) is 9.78. The Hall–Kier alpha value is -3.43. The molecule has 0 spiro atoms. The molecule has 4 aromatic rings. The molecule has 0 radical (unpaired) electrons. The number of anilines is 1. The van der Waals surface area contributed by atoms with Crippen molar-refractivity contribution in [3.63, 3.8) is 0 Å². The predicted molar refractivity (Wildman–Crippen MR) is 132 cm³/mol. The van der Waals surface area contributed by atoms with Crippen LogP contribution in [-0.4, -0.2) is 30.2 Å². The van der Waals surface area contributed by atoms with Crippen LogP contribution in [0, 0.1) is 13.8 Å². The number of rotatable bonds is 4. The summed E-state index contributed by atoms with van der Waals surface area (Å²) in [7, 11) is 1.30. The molecule has 2 aromatic heterocycles. The number of fused-ring (bicyclic) bond motifs is 2. The zero-order chi connectivity index (χ0) is 24.1. The number of carbonyl (C=O) groups is 2. The minimum Gasteiger partial charge on any atom is -0.465 e. The van der Waals surface area contributed by atoms with Gasteiger partial charge in [0.25, 0.3) is 5.91 Å². The van der Waals surface area contributed by atoms with Crippen LogP contribution in [-0.2, 0) is 4.74 Å². The van der Waals surface area contributed by atoms with Crippen molar-refractivity contribution in [2.45, 2.75) is 24.8 Å². The van der Waals surface area contributed by atoms with Gasteiger partial charge in [0.2, 0.25) is 5.76 Å². The average Bonchev–Trinajstić information content (AvgIpc) is 3.36. The van der Waals surface area contributed by atoms with Gasteiger partial charge in [-0.15, -0.1) is 11.8 Å². The smallest absolute Gasteiger partial charge is 0.350 e. The van der Waals surface area contributed by atoms with Crippen molar-refractivity contribution in [1.82, 2.24) is 4.98 Å². The SMILES string of the molecule is COC(=O)c1sc(N2C(=O)c3oc4ccc(C)cc4c(=O)c3[C@H]2c2ccc(SC)cc2)nc1C. The molecular formula is C25H20N2O5S2. The van der Waals surface area contributed by atoms with Gasteiger partial charge in [-0.2, -0.15) is 0 Å². The third-order valence-corrected chi connectivity index (χ3v) is 7.70. The summed E-state index contributed by atoms with van der Waals surface area (Å²) in [5.74, 6) is -1.01. The number of benzene rings is 2. The number of nitrogens with zero attached hydrogens (tertiary/aromatic N) is 2. The lowest BCUT2D eigenvalue weighted by molar-refractivity contribution is 0.0605. The first kappa shape index (κ1) is 22.4. The van der Waals surface area contributed by atoms with Crippen molar-refractivity contribution in [2.24, 2.45) is 0 Å². The third kappa shape index (κ3) is 3.43. The van der Waals surface area contributed by atoms with Crippen LogP contribution < -0.4 is 10.3 Å². The van der Waals surface area contributed by atoms with Crippen LogP contribution in [0.5, 0.6) is 0 Å². The fraction of sp³-hybridized carbons (Fsp3) is 0.200. The molecule has 3 heterocycles. The lowest BCUT2D eigenvalue weighted by Crippen LogP contribution is -2.29. The van der Waals surface area contributed by atoms with Gasteiger partial charge in [-0.25, -0.2) is 9.78 Å². The highest BCUT2D eigenvalue weighted by atomic mass is 32.2. The molecule has 0 N–H and O–H groups in total. The van der Waals surface area contributed by atoms with Gasteiger partial charge >= 0.3 is 5.97 Å².